The Bertz CT molecular complexity index is 839. The smallest absolute Gasteiger partial charge is 0.410 e. The van der Waals surface area contributed by atoms with E-state index < -0.39 is 5.60 Å². The van der Waals surface area contributed by atoms with Crippen molar-refractivity contribution in [1.82, 2.24) is 24.6 Å². The van der Waals surface area contributed by atoms with E-state index in [1.165, 1.54) is 0 Å². The van der Waals surface area contributed by atoms with E-state index in [9.17, 15) is 4.79 Å². The lowest BCUT2D eigenvalue weighted by Gasteiger charge is -2.33. The van der Waals surface area contributed by atoms with Crippen LogP contribution in [-0.2, 0) is 11.3 Å². The molecular formula is C22H31N5O2S. The lowest BCUT2D eigenvalue weighted by molar-refractivity contribution is 0.0183. The molecule has 0 saturated carbocycles. The summed E-state index contributed by atoms with van der Waals surface area (Å²) in [7, 11) is 0. The zero-order chi connectivity index (χ0) is 21.6. The number of rotatable bonds is 7. The number of thioether (sulfide) groups is 1. The van der Waals surface area contributed by atoms with Crippen molar-refractivity contribution in [3.8, 4) is 11.4 Å². The highest BCUT2D eigenvalue weighted by Crippen LogP contribution is 2.28. The van der Waals surface area contributed by atoms with E-state index >= 15 is 0 Å². The largest absolute Gasteiger partial charge is 0.444 e. The summed E-state index contributed by atoms with van der Waals surface area (Å²) in [6, 6.07) is 3.88. The Morgan fingerprint density at radius 3 is 2.60 bits per heavy atom. The fraction of sp³-hybridized carbons (Fsp3) is 0.545. The van der Waals surface area contributed by atoms with Crippen LogP contribution >= 0.6 is 11.8 Å². The predicted octanol–water partition coefficient (Wildman–Crippen LogP) is 4.66. The van der Waals surface area contributed by atoms with Crippen LogP contribution in [0.1, 0.15) is 40.0 Å². The van der Waals surface area contributed by atoms with Crippen LogP contribution < -0.4 is 0 Å². The summed E-state index contributed by atoms with van der Waals surface area (Å²) in [4.78, 5) is 18.1. The van der Waals surface area contributed by atoms with Gasteiger partial charge in [-0.2, -0.15) is 0 Å². The number of piperidine rings is 1. The second-order valence-corrected chi connectivity index (χ2v) is 9.55. The van der Waals surface area contributed by atoms with Gasteiger partial charge in [0.2, 0.25) is 0 Å². The fourth-order valence-electron chi connectivity index (χ4n) is 3.45. The Labute approximate surface area is 182 Å². The second-order valence-electron chi connectivity index (χ2n) is 8.49. The zero-order valence-electron chi connectivity index (χ0n) is 18.1. The number of carbonyl (C=O) groups is 1. The standard InChI is InChI=1S/C22H31N5O2S/c1-5-13-27-19(18-6-11-23-12-7-18)24-25-20(27)30-16-10-17-8-14-26(15-9-17)21(28)29-22(2,3)4/h5-7,11-12,17H,1,8-10,13-16H2,2-4H3. The molecule has 0 N–H and O–H groups in total. The highest BCUT2D eigenvalue weighted by molar-refractivity contribution is 7.99. The predicted molar refractivity (Wildman–Crippen MR) is 119 cm³/mol. The Balaban J connectivity index is 1.50. The molecule has 0 radical (unpaired) electrons. The molecule has 0 unspecified atom stereocenters. The van der Waals surface area contributed by atoms with Crippen molar-refractivity contribution < 1.29 is 9.53 Å². The number of allylic oxidation sites excluding steroid dienone is 1. The zero-order valence-corrected chi connectivity index (χ0v) is 18.9. The number of hydrogen-bond acceptors (Lipinski definition) is 6. The van der Waals surface area contributed by atoms with E-state index in [1.54, 1.807) is 24.2 Å². The summed E-state index contributed by atoms with van der Waals surface area (Å²) in [6.07, 6.45) is 8.32. The molecule has 1 amide bonds. The van der Waals surface area contributed by atoms with Crippen molar-refractivity contribution in [2.45, 2.75) is 57.3 Å². The van der Waals surface area contributed by atoms with Crippen LogP contribution in [0.15, 0.2) is 42.3 Å². The minimum atomic E-state index is -0.443. The molecule has 0 aliphatic carbocycles. The summed E-state index contributed by atoms with van der Waals surface area (Å²) in [5, 5.41) is 9.70. The van der Waals surface area contributed by atoms with Gasteiger partial charge in [-0.15, -0.1) is 16.8 Å². The average Bonchev–Trinajstić information content (AvgIpc) is 3.11. The normalized spacial score (nSPS) is 15.2. The van der Waals surface area contributed by atoms with Gasteiger partial charge in [0.15, 0.2) is 11.0 Å². The minimum Gasteiger partial charge on any atom is -0.444 e. The number of hydrogen-bond donors (Lipinski definition) is 0. The molecule has 8 heteroatoms. The highest BCUT2D eigenvalue weighted by atomic mass is 32.2. The van der Waals surface area contributed by atoms with E-state index in [0.717, 1.165) is 54.6 Å². The molecule has 0 aromatic carbocycles. The molecule has 1 saturated heterocycles. The first kappa shape index (κ1) is 22.3. The van der Waals surface area contributed by atoms with Gasteiger partial charge in [-0.1, -0.05) is 17.8 Å². The quantitative estimate of drug-likeness (QED) is 0.471. The minimum absolute atomic E-state index is 0.198. The lowest BCUT2D eigenvalue weighted by atomic mass is 9.95. The summed E-state index contributed by atoms with van der Waals surface area (Å²) in [6.45, 7) is 11.8. The van der Waals surface area contributed by atoms with Gasteiger partial charge in [0, 0.05) is 43.3 Å². The molecule has 1 aliphatic rings. The van der Waals surface area contributed by atoms with E-state index in [2.05, 4.69) is 26.3 Å². The van der Waals surface area contributed by atoms with Gasteiger partial charge in [-0.25, -0.2) is 4.79 Å². The van der Waals surface area contributed by atoms with Gasteiger partial charge in [0.25, 0.3) is 0 Å². The van der Waals surface area contributed by atoms with Gasteiger partial charge in [-0.3, -0.25) is 9.55 Å². The topological polar surface area (TPSA) is 73.1 Å². The molecule has 162 valence electrons. The Morgan fingerprint density at radius 1 is 1.27 bits per heavy atom. The number of aromatic nitrogens is 4. The van der Waals surface area contributed by atoms with Gasteiger partial charge in [0.05, 0.1) is 0 Å². The summed E-state index contributed by atoms with van der Waals surface area (Å²) in [5.74, 6) is 2.43. The van der Waals surface area contributed by atoms with Crippen molar-refractivity contribution in [1.29, 1.82) is 0 Å². The van der Waals surface area contributed by atoms with E-state index in [4.69, 9.17) is 4.74 Å². The third-order valence-electron chi connectivity index (χ3n) is 4.99. The van der Waals surface area contributed by atoms with Gasteiger partial charge in [-0.05, 0) is 58.1 Å². The van der Waals surface area contributed by atoms with Crippen LogP contribution in [-0.4, -0.2) is 55.2 Å². The molecule has 0 atom stereocenters. The van der Waals surface area contributed by atoms with Crippen molar-refractivity contribution in [2.75, 3.05) is 18.8 Å². The van der Waals surface area contributed by atoms with E-state index in [1.807, 2.05) is 43.9 Å². The molecule has 30 heavy (non-hydrogen) atoms. The number of ether oxygens (including phenoxy) is 1. The van der Waals surface area contributed by atoms with Crippen LogP contribution in [0.4, 0.5) is 4.79 Å². The molecule has 2 aromatic heterocycles. The number of carbonyl (C=O) groups excluding carboxylic acids is 1. The fourth-order valence-corrected chi connectivity index (χ4v) is 4.50. The first-order chi connectivity index (χ1) is 14.4. The average molecular weight is 430 g/mol. The molecule has 0 spiro atoms. The van der Waals surface area contributed by atoms with Crippen molar-refractivity contribution in [3.05, 3.63) is 37.2 Å². The maximum absolute atomic E-state index is 12.2. The molecular weight excluding hydrogens is 398 g/mol. The molecule has 1 aliphatic heterocycles. The highest BCUT2D eigenvalue weighted by Gasteiger charge is 2.26. The maximum Gasteiger partial charge on any atom is 0.410 e. The van der Waals surface area contributed by atoms with Gasteiger partial charge >= 0.3 is 6.09 Å². The number of nitrogens with zero attached hydrogens (tertiary/aromatic N) is 5. The summed E-state index contributed by atoms with van der Waals surface area (Å²) in [5.41, 5.74) is 0.557. The summed E-state index contributed by atoms with van der Waals surface area (Å²) >= 11 is 1.73. The molecule has 3 rings (SSSR count). The molecule has 3 heterocycles. The van der Waals surface area contributed by atoms with Crippen molar-refractivity contribution in [2.24, 2.45) is 5.92 Å². The van der Waals surface area contributed by atoms with Gasteiger partial charge < -0.3 is 9.64 Å². The monoisotopic (exact) mass is 429 g/mol. The van der Waals surface area contributed by atoms with Crippen LogP contribution in [0, 0.1) is 5.92 Å². The van der Waals surface area contributed by atoms with Crippen LogP contribution in [0.3, 0.4) is 0 Å². The first-order valence-corrected chi connectivity index (χ1v) is 11.4. The third kappa shape index (κ3) is 6.08. The number of amides is 1. The lowest BCUT2D eigenvalue weighted by Crippen LogP contribution is -2.41. The number of likely N-dealkylation sites (tertiary alicyclic amines) is 1. The van der Waals surface area contributed by atoms with Crippen LogP contribution in [0.25, 0.3) is 11.4 Å². The number of pyridine rings is 1. The SMILES string of the molecule is C=CCn1c(SCCC2CCN(C(=O)OC(C)(C)C)CC2)nnc1-c1ccncc1. The molecule has 1 fully saturated rings. The van der Waals surface area contributed by atoms with Crippen LogP contribution in [0.5, 0.6) is 0 Å². The summed E-state index contributed by atoms with van der Waals surface area (Å²) < 4.78 is 7.57. The Hall–Kier alpha value is -2.35. The van der Waals surface area contributed by atoms with Gasteiger partial charge in [0.1, 0.15) is 5.60 Å². The first-order valence-electron chi connectivity index (χ1n) is 10.4. The second kappa shape index (κ2) is 10.1. The van der Waals surface area contributed by atoms with E-state index in [0.29, 0.717) is 12.5 Å². The van der Waals surface area contributed by atoms with Crippen molar-refractivity contribution >= 4 is 17.9 Å². The van der Waals surface area contributed by atoms with Crippen LogP contribution in [0.2, 0.25) is 0 Å². The molecule has 2 aromatic rings. The maximum atomic E-state index is 12.2. The molecule has 0 bridgehead atoms. The van der Waals surface area contributed by atoms with Crippen molar-refractivity contribution in [3.63, 3.8) is 0 Å². The third-order valence-corrected chi connectivity index (χ3v) is 5.99. The Morgan fingerprint density at radius 2 is 1.97 bits per heavy atom. The Kier molecular flexibility index (Phi) is 7.53. The molecule has 7 nitrogen and oxygen atoms in total. The van der Waals surface area contributed by atoms with E-state index in [-0.39, 0.29) is 6.09 Å².